The standard InChI is InChI=1S/C16H17NS2/c1-12-7-6-10-15(17(2)16(18)19)14(12)11-13-8-4-3-5-9-13/h3-10H,11H2,1-2H3,(H,18,19). The second-order valence-corrected chi connectivity index (χ2v) is 5.69. The van der Waals surface area contributed by atoms with Gasteiger partial charge in [0.15, 0.2) is 0 Å². The molecule has 0 fully saturated rings. The fraction of sp³-hybridized carbons (Fsp3) is 0.188. The molecule has 0 aromatic heterocycles. The van der Waals surface area contributed by atoms with Crippen LogP contribution in [0.3, 0.4) is 0 Å². The highest BCUT2D eigenvalue weighted by molar-refractivity contribution is 8.11. The summed E-state index contributed by atoms with van der Waals surface area (Å²) in [4.78, 5) is 1.95. The van der Waals surface area contributed by atoms with Crippen LogP contribution in [0.2, 0.25) is 0 Å². The fourth-order valence-electron chi connectivity index (χ4n) is 2.13. The molecule has 0 N–H and O–H groups in total. The summed E-state index contributed by atoms with van der Waals surface area (Å²) < 4.78 is 0.583. The zero-order valence-electron chi connectivity index (χ0n) is 11.1. The van der Waals surface area contributed by atoms with Gasteiger partial charge in [0.1, 0.15) is 4.32 Å². The van der Waals surface area contributed by atoms with Gasteiger partial charge >= 0.3 is 0 Å². The Kier molecular flexibility index (Phi) is 4.61. The lowest BCUT2D eigenvalue weighted by Gasteiger charge is -2.22. The van der Waals surface area contributed by atoms with E-state index in [1.165, 1.54) is 16.7 Å². The molecule has 0 bridgehead atoms. The van der Waals surface area contributed by atoms with E-state index in [9.17, 15) is 0 Å². The third-order valence-corrected chi connectivity index (χ3v) is 3.83. The Balaban J connectivity index is 2.41. The molecule has 0 atom stereocenters. The van der Waals surface area contributed by atoms with Gasteiger partial charge in [-0.25, -0.2) is 0 Å². The van der Waals surface area contributed by atoms with Crippen molar-refractivity contribution in [1.29, 1.82) is 0 Å². The van der Waals surface area contributed by atoms with Crippen molar-refractivity contribution in [3.63, 3.8) is 0 Å². The van der Waals surface area contributed by atoms with Crippen molar-refractivity contribution in [2.24, 2.45) is 0 Å². The second-order valence-electron chi connectivity index (χ2n) is 4.58. The van der Waals surface area contributed by atoms with Crippen LogP contribution in [-0.2, 0) is 6.42 Å². The van der Waals surface area contributed by atoms with Crippen molar-refractivity contribution in [3.8, 4) is 0 Å². The molecule has 0 unspecified atom stereocenters. The van der Waals surface area contributed by atoms with Crippen molar-refractivity contribution < 1.29 is 0 Å². The Bertz CT molecular complexity index is 579. The molecule has 2 aromatic rings. The van der Waals surface area contributed by atoms with E-state index in [1.54, 1.807) is 0 Å². The Morgan fingerprint density at radius 3 is 2.42 bits per heavy atom. The molecule has 98 valence electrons. The van der Waals surface area contributed by atoms with Crippen LogP contribution in [0.25, 0.3) is 0 Å². The Hall–Kier alpha value is -1.32. The van der Waals surface area contributed by atoms with E-state index < -0.39 is 0 Å². The van der Waals surface area contributed by atoms with Gasteiger partial charge in [0.2, 0.25) is 0 Å². The maximum absolute atomic E-state index is 5.16. The average molecular weight is 287 g/mol. The summed E-state index contributed by atoms with van der Waals surface area (Å²) in [6.07, 6.45) is 0.906. The first-order chi connectivity index (χ1) is 9.09. The zero-order valence-corrected chi connectivity index (χ0v) is 12.8. The maximum Gasteiger partial charge on any atom is 0.137 e. The molecule has 2 rings (SSSR count). The quantitative estimate of drug-likeness (QED) is 0.664. The van der Waals surface area contributed by atoms with Gasteiger partial charge in [-0.15, -0.1) is 12.6 Å². The SMILES string of the molecule is Cc1cccc(N(C)C(=S)S)c1Cc1ccccc1. The predicted octanol–water partition coefficient (Wildman–Crippen LogP) is 4.24. The second kappa shape index (κ2) is 6.22. The molecule has 0 aliphatic rings. The number of benzene rings is 2. The van der Waals surface area contributed by atoms with E-state index in [2.05, 4.69) is 62.0 Å². The molecular formula is C16H17NS2. The van der Waals surface area contributed by atoms with Crippen LogP contribution in [0.1, 0.15) is 16.7 Å². The lowest BCUT2D eigenvalue weighted by atomic mass is 9.98. The normalized spacial score (nSPS) is 10.3. The topological polar surface area (TPSA) is 3.24 Å². The molecule has 3 heteroatoms. The number of hydrogen-bond acceptors (Lipinski definition) is 1. The lowest BCUT2D eigenvalue weighted by Crippen LogP contribution is -2.21. The first-order valence-corrected chi connectivity index (χ1v) is 7.04. The van der Waals surface area contributed by atoms with Gasteiger partial charge < -0.3 is 4.90 Å². The largest absolute Gasteiger partial charge is 0.330 e. The Morgan fingerprint density at radius 1 is 1.11 bits per heavy atom. The molecule has 1 nitrogen and oxygen atoms in total. The van der Waals surface area contributed by atoms with Crippen molar-refractivity contribution >= 4 is 34.9 Å². The number of thiol groups is 1. The number of hydrogen-bond donors (Lipinski definition) is 1. The van der Waals surface area contributed by atoms with E-state index >= 15 is 0 Å². The lowest BCUT2D eigenvalue weighted by molar-refractivity contribution is 1.13. The van der Waals surface area contributed by atoms with Gasteiger partial charge in [-0.3, -0.25) is 0 Å². The summed E-state index contributed by atoms with van der Waals surface area (Å²) in [5.41, 5.74) is 5.01. The molecule has 19 heavy (non-hydrogen) atoms. The summed E-state index contributed by atoms with van der Waals surface area (Å²) in [5.74, 6) is 0. The third kappa shape index (κ3) is 3.37. The number of aryl methyl sites for hydroxylation is 1. The average Bonchev–Trinajstić information content (AvgIpc) is 2.41. The van der Waals surface area contributed by atoms with Gasteiger partial charge in [-0.05, 0) is 36.1 Å². The van der Waals surface area contributed by atoms with Gasteiger partial charge in [-0.2, -0.15) is 0 Å². The van der Waals surface area contributed by atoms with Crippen LogP contribution in [0.4, 0.5) is 5.69 Å². The van der Waals surface area contributed by atoms with Crippen molar-refractivity contribution in [1.82, 2.24) is 0 Å². The maximum atomic E-state index is 5.16. The molecular weight excluding hydrogens is 270 g/mol. The molecule has 0 amide bonds. The number of thiocarbonyl (C=S) groups is 1. The van der Waals surface area contributed by atoms with E-state index in [0.29, 0.717) is 4.32 Å². The first kappa shape index (κ1) is 14.1. The van der Waals surface area contributed by atoms with Gasteiger partial charge in [0, 0.05) is 12.7 Å². The minimum atomic E-state index is 0.583. The van der Waals surface area contributed by atoms with Crippen LogP contribution >= 0.6 is 24.8 Å². The van der Waals surface area contributed by atoms with Crippen LogP contribution in [0.5, 0.6) is 0 Å². The minimum absolute atomic E-state index is 0.583. The van der Waals surface area contributed by atoms with Crippen molar-refractivity contribution in [2.45, 2.75) is 13.3 Å². The van der Waals surface area contributed by atoms with E-state index in [1.807, 2.05) is 18.0 Å². The van der Waals surface area contributed by atoms with Crippen LogP contribution in [0, 0.1) is 6.92 Å². The molecule has 0 radical (unpaired) electrons. The highest BCUT2D eigenvalue weighted by atomic mass is 32.1. The summed E-state index contributed by atoms with van der Waals surface area (Å²) in [7, 11) is 1.96. The minimum Gasteiger partial charge on any atom is -0.330 e. The molecule has 2 aromatic carbocycles. The smallest absolute Gasteiger partial charge is 0.137 e. The van der Waals surface area contributed by atoms with Crippen LogP contribution < -0.4 is 4.90 Å². The van der Waals surface area contributed by atoms with Crippen molar-refractivity contribution in [2.75, 3.05) is 11.9 Å². The van der Waals surface area contributed by atoms with E-state index in [-0.39, 0.29) is 0 Å². The molecule has 0 heterocycles. The van der Waals surface area contributed by atoms with Gasteiger partial charge in [0.25, 0.3) is 0 Å². The number of anilines is 1. The number of nitrogens with zero attached hydrogens (tertiary/aromatic N) is 1. The molecule has 0 aliphatic heterocycles. The van der Waals surface area contributed by atoms with Gasteiger partial charge in [-0.1, -0.05) is 54.7 Å². The molecule has 0 saturated heterocycles. The van der Waals surface area contributed by atoms with Crippen LogP contribution in [-0.4, -0.2) is 11.4 Å². The highest BCUT2D eigenvalue weighted by Gasteiger charge is 2.11. The Labute approximate surface area is 125 Å². The third-order valence-electron chi connectivity index (χ3n) is 3.26. The number of rotatable bonds is 3. The monoisotopic (exact) mass is 287 g/mol. The molecule has 0 spiro atoms. The zero-order chi connectivity index (χ0) is 13.8. The fourth-order valence-corrected chi connectivity index (χ4v) is 2.34. The highest BCUT2D eigenvalue weighted by Crippen LogP contribution is 2.26. The summed E-state index contributed by atoms with van der Waals surface area (Å²) >= 11 is 9.43. The Morgan fingerprint density at radius 2 is 1.79 bits per heavy atom. The predicted molar refractivity (Wildman–Crippen MR) is 90.4 cm³/mol. The summed E-state index contributed by atoms with van der Waals surface area (Å²) in [5, 5.41) is 0. The summed E-state index contributed by atoms with van der Waals surface area (Å²) in [6.45, 7) is 2.14. The molecule has 0 saturated carbocycles. The first-order valence-electron chi connectivity index (χ1n) is 6.18. The summed E-state index contributed by atoms with van der Waals surface area (Å²) in [6, 6.07) is 16.8. The van der Waals surface area contributed by atoms with Gasteiger partial charge in [0.05, 0.1) is 0 Å². The molecule has 0 aliphatic carbocycles. The van der Waals surface area contributed by atoms with Crippen molar-refractivity contribution in [3.05, 3.63) is 65.2 Å². The van der Waals surface area contributed by atoms with E-state index in [0.717, 1.165) is 12.1 Å². The van der Waals surface area contributed by atoms with Crippen LogP contribution in [0.15, 0.2) is 48.5 Å². The van der Waals surface area contributed by atoms with E-state index in [4.69, 9.17) is 12.2 Å².